The molecule has 21 heavy (non-hydrogen) atoms. The SMILES string of the molecule is COc1ccc(S(=O)(=O)NCC(F)(F)CO)c([N+](=O)[O-])c1. The number of sulfonamides is 1. The van der Waals surface area contributed by atoms with Gasteiger partial charge in [0.15, 0.2) is 4.90 Å². The standard InChI is InChI=1S/C10H12F2N2O6S/c1-20-7-2-3-9(8(4-7)14(16)17)21(18,19)13-5-10(11,12)6-15/h2-4,13,15H,5-6H2,1H3. The maximum absolute atomic E-state index is 12.8. The van der Waals surface area contributed by atoms with Gasteiger partial charge in [0.25, 0.3) is 11.6 Å². The summed E-state index contributed by atoms with van der Waals surface area (Å²) >= 11 is 0. The molecule has 1 aromatic carbocycles. The largest absolute Gasteiger partial charge is 0.497 e. The molecule has 1 rings (SSSR count). The molecule has 1 aromatic rings. The molecule has 0 fully saturated rings. The number of nitro benzene ring substituents is 1. The van der Waals surface area contributed by atoms with Crippen molar-refractivity contribution in [1.29, 1.82) is 0 Å². The molecule has 0 aliphatic heterocycles. The highest BCUT2D eigenvalue weighted by atomic mass is 32.2. The van der Waals surface area contributed by atoms with Gasteiger partial charge in [0.2, 0.25) is 10.0 Å². The number of alkyl halides is 2. The van der Waals surface area contributed by atoms with Crippen LogP contribution in [0.3, 0.4) is 0 Å². The zero-order valence-corrected chi connectivity index (χ0v) is 11.6. The predicted octanol–water partition coefficient (Wildman–Crippen LogP) is 0.509. The Kier molecular flexibility index (Phi) is 5.15. The molecule has 0 saturated carbocycles. The van der Waals surface area contributed by atoms with E-state index in [4.69, 9.17) is 9.84 Å². The van der Waals surface area contributed by atoms with Gasteiger partial charge in [0.1, 0.15) is 12.4 Å². The molecule has 0 aliphatic rings. The van der Waals surface area contributed by atoms with Crippen molar-refractivity contribution in [1.82, 2.24) is 4.72 Å². The predicted molar refractivity (Wildman–Crippen MR) is 66.9 cm³/mol. The molecule has 0 saturated heterocycles. The molecular formula is C10H12F2N2O6S. The number of nitro groups is 1. The fraction of sp³-hybridized carbons (Fsp3) is 0.400. The van der Waals surface area contributed by atoms with Gasteiger partial charge in [-0.1, -0.05) is 0 Å². The minimum atomic E-state index is -4.54. The van der Waals surface area contributed by atoms with Crippen molar-refractivity contribution >= 4 is 15.7 Å². The molecule has 0 bridgehead atoms. The summed E-state index contributed by atoms with van der Waals surface area (Å²) in [4.78, 5) is 9.12. The lowest BCUT2D eigenvalue weighted by molar-refractivity contribution is -0.387. The maximum Gasteiger partial charge on any atom is 0.293 e. The fourth-order valence-electron chi connectivity index (χ4n) is 1.33. The van der Waals surface area contributed by atoms with Gasteiger partial charge in [-0.25, -0.2) is 21.9 Å². The van der Waals surface area contributed by atoms with E-state index in [1.807, 2.05) is 0 Å². The van der Waals surface area contributed by atoms with Crippen LogP contribution in [0.25, 0.3) is 0 Å². The van der Waals surface area contributed by atoms with Crippen molar-refractivity contribution in [3.8, 4) is 5.75 Å². The molecule has 0 atom stereocenters. The van der Waals surface area contributed by atoms with Crippen LogP contribution in [-0.4, -0.2) is 44.6 Å². The lowest BCUT2D eigenvalue weighted by Crippen LogP contribution is -2.39. The zero-order valence-electron chi connectivity index (χ0n) is 10.7. The molecule has 118 valence electrons. The van der Waals surface area contributed by atoms with Gasteiger partial charge >= 0.3 is 0 Å². The van der Waals surface area contributed by atoms with E-state index in [1.165, 1.54) is 11.8 Å². The van der Waals surface area contributed by atoms with Crippen molar-refractivity contribution in [2.24, 2.45) is 0 Å². The highest BCUT2D eigenvalue weighted by Crippen LogP contribution is 2.28. The maximum atomic E-state index is 12.8. The third-order valence-electron chi connectivity index (χ3n) is 2.40. The average molecular weight is 326 g/mol. The van der Waals surface area contributed by atoms with Crippen LogP contribution in [0.5, 0.6) is 5.75 Å². The summed E-state index contributed by atoms with van der Waals surface area (Å²) in [6, 6.07) is 2.88. The highest BCUT2D eigenvalue weighted by Gasteiger charge is 2.33. The Hall–Kier alpha value is -1.85. The summed E-state index contributed by atoms with van der Waals surface area (Å²) < 4.78 is 55.6. The van der Waals surface area contributed by atoms with Gasteiger partial charge in [-0.05, 0) is 12.1 Å². The van der Waals surface area contributed by atoms with E-state index >= 15 is 0 Å². The lowest BCUT2D eigenvalue weighted by Gasteiger charge is -2.14. The van der Waals surface area contributed by atoms with E-state index in [0.717, 1.165) is 18.2 Å². The molecule has 0 unspecified atom stereocenters. The van der Waals surface area contributed by atoms with Crippen LogP contribution in [0.15, 0.2) is 23.1 Å². The lowest BCUT2D eigenvalue weighted by atomic mass is 10.3. The molecule has 8 nitrogen and oxygen atoms in total. The average Bonchev–Trinajstić information content (AvgIpc) is 2.44. The summed E-state index contributed by atoms with van der Waals surface area (Å²) in [5.41, 5.74) is -0.811. The molecular weight excluding hydrogens is 314 g/mol. The van der Waals surface area contributed by atoms with E-state index in [0.29, 0.717) is 0 Å². The summed E-state index contributed by atoms with van der Waals surface area (Å²) in [5.74, 6) is -3.63. The number of nitrogens with zero attached hydrogens (tertiary/aromatic N) is 1. The van der Waals surface area contributed by atoms with Gasteiger partial charge in [0, 0.05) is 0 Å². The second-order valence-electron chi connectivity index (χ2n) is 3.93. The first kappa shape index (κ1) is 17.2. The molecule has 2 N–H and O–H groups in total. The second-order valence-corrected chi connectivity index (χ2v) is 5.66. The van der Waals surface area contributed by atoms with E-state index in [9.17, 15) is 27.3 Å². The van der Waals surface area contributed by atoms with Crippen LogP contribution in [-0.2, 0) is 10.0 Å². The van der Waals surface area contributed by atoms with Crippen molar-refractivity contribution < 1.29 is 32.0 Å². The number of halogens is 2. The van der Waals surface area contributed by atoms with Crippen LogP contribution in [0.4, 0.5) is 14.5 Å². The quantitative estimate of drug-likeness (QED) is 0.556. The number of rotatable bonds is 7. The molecule has 0 spiro atoms. The Labute approximate surface area is 118 Å². The summed E-state index contributed by atoms with van der Waals surface area (Å²) in [6.07, 6.45) is 0. The fourth-order valence-corrected chi connectivity index (χ4v) is 2.54. The Bertz CT molecular complexity index is 634. The summed E-state index contributed by atoms with van der Waals surface area (Å²) in [5, 5.41) is 19.2. The Morgan fingerprint density at radius 2 is 2.10 bits per heavy atom. The van der Waals surface area contributed by atoms with Gasteiger partial charge in [-0.2, -0.15) is 0 Å². The van der Waals surface area contributed by atoms with Crippen molar-refractivity contribution in [3.05, 3.63) is 28.3 Å². The monoisotopic (exact) mass is 326 g/mol. The van der Waals surface area contributed by atoms with E-state index in [-0.39, 0.29) is 5.75 Å². The molecule has 0 aromatic heterocycles. The summed E-state index contributed by atoms with van der Waals surface area (Å²) in [6.45, 7) is -2.94. The minimum absolute atomic E-state index is 0.0429. The number of aliphatic hydroxyl groups excluding tert-OH is 1. The number of methoxy groups -OCH3 is 1. The number of nitrogens with one attached hydrogen (secondary N) is 1. The van der Waals surface area contributed by atoms with Gasteiger partial charge in [-0.3, -0.25) is 10.1 Å². The highest BCUT2D eigenvalue weighted by molar-refractivity contribution is 7.89. The first-order valence-corrected chi connectivity index (χ1v) is 6.92. The van der Waals surface area contributed by atoms with Gasteiger partial charge < -0.3 is 9.84 Å². The Balaban J connectivity index is 3.16. The second kappa shape index (κ2) is 6.28. The molecule has 0 amide bonds. The van der Waals surface area contributed by atoms with Gasteiger partial charge in [-0.15, -0.1) is 0 Å². The summed E-state index contributed by atoms with van der Waals surface area (Å²) in [7, 11) is -3.31. The van der Waals surface area contributed by atoms with E-state index in [1.54, 1.807) is 0 Å². The number of benzene rings is 1. The van der Waals surface area contributed by atoms with E-state index in [2.05, 4.69) is 0 Å². The minimum Gasteiger partial charge on any atom is -0.497 e. The molecule has 0 heterocycles. The molecule has 11 heteroatoms. The third kappa shape index (κ3) is 4.31. The number of ether oxygens (including phenoxy) is 1. The first-order valence-electron chi connectivity index (χ1n) is 5.44. The smallest absolute Gasteiger partial charge is 0.293 e. The van der Waals surface area contributed by atoms with Crippen molar-refractivity contribution in [3.63, 3.8) is 0 Å². The van der Waals surface area contributed by atoms with Crippen molar-refractivity contribution in [2.75, 3.05) is 20.3 Å². The van der Waals surface area contributed by atoms with E-state index < -0.39 is 44.6 Å². The number of hydrogen-bond donors (Lipinski definition) is 2. The number of hydrogen-bond acceptors (Lipinski definition) is 6. The molecule has 0 radical (unpaired) electrons. The van der Waals surface area contributed by atoms with Crippen LogP contribution in [0.2, 0.25) is 0 Å². The molecule has 0 aliphatic carbocycles. The van der Waals surface area contributed by atoms with Crippen molar-refractivity contribution in [2.45, 2.75) is 10.8 Å². The van der Waals surface area contributed by atoms with Crippen LogP contribution < -0.4 is 9.46 Å². The van der Waals surface area contributed by atoms with Crippen LogP contribution >= 0.6 is 0 Å². The first-order chi connectivity index (χ1) is 9.63. The Morgan fingerprint density at radius 1 is 1.48 bits per heavy atom. The number of aliphatic hydroxyl groups is 1. The van der Waals surface area contributed by atoms with Crippen LogP contribution in [0.1, 0.15) is 0 Å². The normalized spacial score (nSPS) is 12.2. The third-order valence-corrected chi connectivity index (χ3v) is 3.85. The Morgan fingerprint density at radius 3 is 2.57 bits per heavy atom. The van der Waals surface area contributed by atoms with Gasteiger partial charge in [0.05, 0.1) is 24.6 Å². The topological polar surface area (TPSA) is 119 Å². The zero-order chi connectivity index (χ0) is 16.3. The van der Waals surface area contributed by atoms with Crippen LogP contribution in [0, 0.1) is 10.1 Å².